The number of aliphatic imine (C=N–C) groups is 1. The average Bonchev–Trinajstić information content (AvgIpc) is 3.10. The van der Waals surface area contributed by atoms with Gasteiger partial charge in [0.25, 0.3) is 0 Å². The van der Waals surface area contributed by atoms with Gasteiger partial charge in [0.15, 0.2) is 17.7 Å². The highest BCUT2D eigenvalue weighted by molar-refractivity contribution is 7.99. The fourth-order valence-corrected chi connectivity index (χ4v) is 3.92. The molecule has 2 aliphatic heterocycles. The molecule has 0 aliphatic carbocycles. The maximum absolute atomic E-state index is 12.4. The van der Waals surface area contributed by atoms with E-state index < -0.39 is 18.1 Å². The van der Waals surface area contributed by atoms with Gasteiger partial charge in [-0.1, -0.05) is 0 Å². The van der Waals surface area contributed by atoms with Gasteiger partial charge >= 0.3 is 5.97 Å². The van der Waals surface area contributed by atoms with Crippen molar-refractivity contribution >= 4 is 29.1 Å². The smallest absolute Gasteiger partial charge is 0.356 e. The second kappa shape index (κ2) is 8.54. The Labute approximate surface area is 168 Å². The molecule has 0 aromatic heterocycles. The molecule has 8 nitrogen and oxygen atoms in total. The van der Waals surface area contributed by atoms with E-state index in [0.29, 0.717) is 17.2 Å². The molecule has 0 amide bonds. The van der Waals surface area contributed by atoms with Crippen LogP contribution >= 0.6 is 11.8 Å². The van der Waals surface area contributed by atoms with Crippen LogP contribution in [0.2, 0.25) is 0 Å². The van der Waals surface area contributed by atoms with Crippen LogP contribution < -0.4 is 14.9 Å². The van der Waals surface area contributed by atoms with Crippen LogP contribution in [0.15, 0.2) is 29.3 Å². The Kier molecular flexibility index (Phi) is 6.11. The normalized spacial score (nSPS) is 23.2. The molecule has 2 aliphatic rings. The molecule has 1 N–H and O–H groups in total. The highest BCUT2D eigenvalue weighted by Gasteiger charge is 2.45. The first-order valence-corrected chi connectivity index (χ1v) is 10.0. The van der Waals surface area contributed by atoms with Crippen molar-refractivity contribution in [1.29, 1.82) is 5.26 Å². The van der Waals surface area contributed by atoms with Gasteiger partial charge in [0, 0.05) is 5.56 Å². The number of nitriles is 1. The standard InChI is InChI=1S/C19H22N4O4S/c1-5-27-19(24)13-9-14(11-6-7-15(25-2)16(8-11)26-3)23-17(21-13)12(10-20)18(22-23)28-4/h6-9,12,17-18,22H,5H2,1-4H3. The largest absolute Gasteiger partial charge is 0.493 e. The number of nitrogens with one attached hydrogen (secondary N) is 1. The third-order valence-corrected chi connectivity index (χ3v) is 5.46. The Morgan fingerprint density at radius 3 is 2.71 bits per heavy atom. The fraction of sp³-hybridized carbons (Fsp3) is 0.421. The van der Waals surface area contributed by atoms with Crippen molar-refractivity contribution in [1.82, 2.24) is 10.4 Å². The number of hydrogen-bond acceptors (Lipinski definition) is 9. The van der Waals surface area contributed by atoms with Crippen LogP contribution in [0.4, 0.5) is 0 Å². The second-order valence-electron chi connectivity index (χ2n) is 6.06. The summed E-state index contributed by atoms with van der Waals surface area (Å²) < 4.78 is 15.8. The maximum Gasteiger partial charge on any atom is 0.356 e. The number of hydrogen-bond donors (Lipinski definition) is 1. The second-order valence-corrected chi connectivity index (χ2v) is 7.04. The zero-order valence-corrected chi connectivity index (χ0v) is 16.9. The summed E-state index contributed by atoms with van der Waals surface area (Å²) in [5, 5.41) is 11.4. The number of esters is 1. The lowest BCUT2D eigenvalue weighted by Crippen LogP contribution is -2.40. The molecular formula is C19H22N4O4S. The number of fused-ring (bicyclic) bond motifs is 1. The van der Waals surface area contributed by atoms with Crippen molar-refractivity contribution in [3.05, 3.63) is 29.8 Å². The molecule has 3 rings (SSSR count). The van der Waals surface area contributed by atoms with Gasteiger partial charge < -0.3 is 14.2 Å². The van der Waals surface area contributed by atoms with Crippen LogP contribution in [-0.2, 0) is 9.53 Å². The van der Waals surface area contributed by atoms with Gasteiger partial charge in [0.2, 0.25) is 0 Å². The number of carbonyl (C=O) groups is 1. The zero-order chi connectivity index (χ0) is 20.3. The predicted octanol–water partition coefficient (Wildman–Crippen LogP) is 2.04. The third-order valence-electron chi connectivity index (χ3n) is 4.55. The Morgan fingerprint density at radius 1 is 1.36 bits per heavy atom. The number of thioether (sulfide) groups is 1. The summed E-state index contributed by atoms with van der Waals surface area (Å²) in [6, 6.07) is 7.80. The van der Waals surface area contributed by atoms with Crippen molar-refractivity contribution in [2.24, 2.45) is 10.9 Å². The molecule has 148 valence electrons. The van der Waals surface area contributed by atoms with Crippen molar-refractivity contribution in [2.75, 3.05) is 27.1 Å². The van der Waals surface area contributed by atoms with E-state index in [1.165, 1.54) is 11.8 Å². The van der Waals surface area contributed by atoms with E-state index in [4.69, 9.17) is 14.2 Å². The Hall–Kier alpha value is -2.70. The summed E-state index contributed by atoms with van der Waals surface area (Å²) in [4.78, 5) is 16.9. The van der Waals surface area contributed by atoms with Gasteiger partial charge in [-0.2, -0.15) is 5.26 Å². The van der Waals surface area contributed by atoms with Gasteiger partial charge in [-0.3, -0.25) is 5.01 Å². The molecule has 3 atom stereocenters. The van der Waals surface area contributed by atoms with Crippen molar-refractivity contribution in [3.63, 3.8) is 0 Å². The molecule has 0 saturated carbocycles. The van der Waals surface area contributed by atoms with E-state index >= 15 is 0 Å². The minimum absolute atomic E-state index is 0.149. The SMILES string of the molecule is CCOC(=O)C1=NC2C(C#N)C(SC)NN2C(c2ccc(OC)c(OC)c2)=C1. The average molecular weight is 402 g/mol. The van der Waals surface area contributed by atoms with Crippen LogP contribution in [0.3, 0.4) is 0 Å². The lowest BCUT2D eigenvalue weighted by Gasteiger charge is -2.30. The minimum atomic E-state index is -0.532. The van der Waals surface area contributed by atoms with E-state index in [-0.39, 0.29) is 17.7 Å². The number of benzene rings is 1. The van der Waals surface area contributed by atoms with E-state index in [1.54, 1.807) is 33.3 Å². The number of hydrazine groups is 1. The third kappa shape index (κ3) is 3.53. The number of ether oxygens (including phenoxy) is 3. The fourth-order valence-electron chi connectivity index (χ4n) is 3.21. The molecule has 9 heteroatoms. The van der Waals surface area contributed by atoms with E-state index in [0.717, 1.165) is 5.56 Å². The van der Waals surface area contributed by atoms with Crippen molar-refractivity contribution < 1.29 is 19.0 Å². The Morgan fingerprint density at radius 2 is 2.11 bits per heavy atom. The highest BCUT2D eigenvalue weighted by atomic mass is 32.2. The molecular weight excluding hydrogens is 380 g/mol. The van der Waals surface area contributed by atoms with Gasteiger partial charge in [0.1, 0.15) is 11.6 Å². The van der Waals surface area contributed by atoms with Crippen LogP contribution in [0.25, 0.3) is 5.70 Å². The summed E-state index contributed by atoms with van der Waals surface area (Å²) in [5.74, 6) is 0.229. The Balaban J connectivity index is 2.08. The van der Waals surface area contributed by atoms with E-state index in [9.17, 15) is 10.1 Å². The topological polar surface area (TPSA) is 96.2 Å². The molecule has 0 spiro atoms. The molecule has 1 fully saturated rings. The number of rotatable bonds is 6. The molecule has 1 aromatic rings. The quantitative estimate of drug-likeness (QED) is 0.722. The monoisotopic (exact) mass is 402 g/mol. The van der Waals surface area contributed by atoms with Gasteiger partial charge in [-0.05, 0) is 37.5 Å². The predicted molar refractivity (Wildman–Crippen MR) is 107 cm³/mol. The summed E-state index contributed by atoms with van der Waals surface area (Å²) in [6.07, 6.45) is 3.06. The zero-order valence-electron chi connectivity index (χ0n) is 16.1. The first kappa shape index (κ1) is 20.0. The molecule has 0 radical (unpaired) electrons. The first-order valence-electron chi connectivity index (χ1n) is 8.74. The molecule has 28 heavy (non-hydrogen) atoms. The molecule has 1 saturated heterocycles. The van der Waals surface area contributed by atoms with E-state index in [2.05, 4.69) is 16.5 Å². The molecule has 3 unspecified atom stereocenters. The van der Waals surface area contributed by atoms with Crippen molar-refractivity contribution in [2.45, 2.75) is 18.5 Å². The summed E-state index contributed by atoms with van der Waals surface area (Å²) in [7, 11) is 3.14. The van der Waals surface area contributed by atoms with Crippen LogP contribution in [0.1, 0.15) is 12.5 Å². The van der Waals surface area contributed by atoms with Crippen LogP contribution in [0.5, 0.6) is 11.5 Å². The van der Waals surface area contributed by atoms with Gasteiger partial charge in [-0.25, -0.2) is 15.2 Å². The lowest BCUT2D eigenvalue weighted by molar-refractivity contribution is -0.135. The molecule has 1 aromatic carbocycles. The first-order chi connectivity index (χ1) is 13.6. The summed E-state index contributed by atoms with van der Waals surface area (Å²) in [5.41, 5.74) is 5.02. The maximum atomic E-state index is 12.4. The molecule has 0 bridgehead atoms. The van der Waals surface area contributed by atoms with Gasteiger partial charge in [-0.15, -0.1) is 11.8 Å². The number of methoxy groups -OCH3 is 2. The van der Waals surface area contributed by atoms with Crippen molar-refractivity contribution in [3.8, 4) is 17.6 Å². The number of carbonyl (C=O) groups excluding carboxylic acids is 1. The van der Waals surface area contributed by atoms with Crippen LogP contribution in [0, 0.1) is 17.2 Å². The van der Waals surface area contributed by atoms with Gasteiger partial charge in [0.05, 0.1) is 38.0 Å². The summed E-state index contributed by atoms with van der Waals surface area (Å²) in [6.45, 7) is 1.99. The minimum Gasteiger partial charge on any atom is -0.493 e. The Bertz CT molecular complexity index is 864. The highest BCUT2D eigenvalue weighted by Crippen LogP contribution is 2.38. The van der Waals surface area contributed by atoms with Crippen LogP contribution in [-0.4, -0.2) is 55.3 Å². The van der Waals surface area contributed by atoms with E-state index in [1.807, 2.05) is 23.4 Å². The number of nitrogens with zero attached hydrogens (tertiary/aromatic N) is 3. The summed E-state index contributed by atoms with van der Waals surface area (Å²) >= 11 is 1.53. The molecule has 2 heterocycles. The lowest BCUT2D eigenvalue weighted by atomic mass is 10.0.